The van der Waals surface area contributed by atoms with E-state index in [0.717, 1.165) is 29.8 Å². The lowest BCUT2D eigenvalue weighted by Crippen LogP contribution is -2.47. The molecule has 2 aliphatic rings. The second kappa shape index (κ2) is 9.19. The fraction of sp³-hybridized carbons (Fsp3) is 0.435. The number of hydrogen-bond donors (Lipinski definition) is 1. The Labute approximate surface area is 202 Å². The highest BCUT2D eigenvalue weighted by Gasteiger charge is 2.45. The van der Waals surface area contributed by atoms with Crippen LogP contribution in [0.1, 0.15) is 25.2 Å². The molecule has 0 saturated carbocycles. The van der Waals surface area contributed by atoms with Gasteiger partial charge < -0.3 is 14.8 Å². The van der Waals surface area contributed by atoms with Gasteiger partial charge in [-0.3, -0.25) is 9.36 Å². The van der Waals surface area contributed by atoms with Crippen LogP contribution in [0.4, 0.5) is 27.6 Å². The molecule has 0 bridgehead atoms. The minimum absolute atomic E-state index is 0.00105. The van der Waals surface area contributed by atoms with E-state index in [2.05, 4.69) is 10.4 Å². The molecular weight excluding hydrogens is 491 g/mol. The molecule has 2 aromatic rings. The molecule has 0 saturated heterocycles. The summed E-state index contributed by atoms with van der Waals surface area (Å²) in [5.74, 6) is -2.27. The maximum absolute atomic E-state index is 15.6. The molecule has 1 aromatic carbocycles. The molecule has 0 radical (unpaired) electrons. The smallest absolute Gasteiger partial charge is 0.425 e. The molecule has 1 aromatic heterocycles. The van der Waals surface area contributed by atoms with Crippen LogP contribution >= 0.6 is 0 Å². The molecule has 4 rings (SSSR count). The van der Waals surface area contributed by atoms with Gasteiger partial charge in [0.15, 0.2) is 11.9 Å². The highest BCUT2D eigenvalue weighted by molar-refractivity contribution is 6.07. The second-order valence-electron chi connectivity index (χ2n) is 8.72. The molecule has 0 spiro atoms. The van der Waals surface area contributed by atoms with Crippen LogP contribution in [0.2, 0.25) is 0 Å². The Hall–Kier alpha value is -3.48. The zero-order chi connectivity index (χ0) is 26.4. The van der Waals surface area contributed by atoms with Crippen molar-refractivity contribution in [2.75, 3.05) is 11.9 Å². The number of nitrogens with zero attached hydrogens (tertiary/aromatic N) is 3. The minimum atomic E-state index is -4.81. The molecule has 1 aliphatic carbocycles. The molecule has 8 nitrogen and oxygen atoms in total. The molecule has 2 unspecified atom stereocenters. The molecule has 2 heterocycles. The van der Waals surface area contributed by atoms with Gasteiger partial charge in [-0.1, -0.05) is 12.1 Å². The maximum atomic E-state index is 15.6. The Morgan fingerprint density at radius 3 is 2.72 bits per heavy atom. The van der Waals surface area contributed by atoms with Crippen LogP contribution in [-0.4, -0.2) is 45.3 Å². The first kappa shape index (κ1) is 25.6. The lowest BCUT2D eigenvalue weighted by molar-refractivity contribution is -0.203. The number of hydrogen-bond acceptors (Lipinski definition) is 5. The zero-order valence-corrected chi connectivity index (χ0v) is 19.5. The molecule has 1 amide bonds. The number of amides is 1. The zero-order valence-electron chi connectivity index (χ0n) is 19.5. The van der Waals surface area contributed by atoms with E-state index < -0.39 is 52.7 Å². The SMILES string of the molecule is Cc1cccc(F)c1NC(=O)C1=CC(F)C(C)(n2nc3n(c2=O)CCOC3)C=C1O[C@@H](C)C(F)(F)F. The fourth-order valence-electron chi connectivity index (χ4n) is 3.91. The Morgan fingerprint density at radius 1 is 1.36 bits per heavy atom. The lowest BCUT2D eigenvalue weighted by atomic mass is 9.87. The first-order chi connectivity index (χ1) is 16.8. The van der Waals surface area contributed by atoms with Gasteiger partial charge in [0.2, 0.25) is 0 Å². The molecule has 1 N–H and O–H groups in total. The quantitative estimate of drug-likeness (QED) is 0.618. The Bertz CT molecular complexity index is 1290. The van der Waals surface area contributed by atoms with Crippen LogP contribution in [-0.2, 0) is 33.0 Å². The largest absolute Gasteiger partial charge is 0.481 e. The van der Waals surface area contributed by atoms with Crippen molar-refractivity contribution in [3.8, 4) is 0 Å². The number of aryl methyl sites for hydroxylation is 1. The van der Waals surface area contributed by atoms with Crippen LogP contribution in [0.15, 0.2) is 46.5 Å². The third-order valence-electron chi connectivity index (χ3n) is 6.12. The van der Waals surface area contributed by atoms with E-state index in [1.54, 1.807) is 0 Å². The van der Waals surface area contributed by atoms with Crippen molar-refractivity contribution in [3.05, 3.63) is 69.4 Å². The minimum Gasteiger partial charge on any atom is -0.481 e. The van der Waals surface area contributed by atoms with Gasteiger partial charge >= 0.3 is 11.9 Å². The number of rotatable bonds is 5. The summed E-state index contributed by atoms with van der Waals surface area (Å²) in [4.78, 5) is 25.9. The van der Waals surface area contributed by atoms with Crippen LogP contribution < -0.4 is 11.0 Å². The molecular formula is C23H23F5N4O4. The summed E-state index contributed by atoms with van der Waals surface area (Å²) in [6.45, 7) is 3.88. The van der Waals surface area contributed by atoms with Crippen molar-refractivity contribution in [2.45, 2.75) is 57.9 Å². The lowest BCUT2D eigenvalue weighted by Gasteiger charge is -2.34. The predicted molar refractivity (Wildman–Crippen MR) is 117 cm³/mol. The number of para-hydroxylation sites is 1. The fourth-order valence-corrected chi connectivity index (χ4v) is 3.91. The van der Waals surface area contributed by atoms with Gasteiger partial charge in [0.1, 0.15) is 29.9 Å². The third-order valence-corrected chi connectivity index (χ3v) is 6.12. The predicted octanol–water partition coefficient (Wildman–Crippen LogP) is 3.51. The van der Waals surface area contributed by atoms with E-state index in [0.29, 0.717) is 5.56 Å². The van der Waals surface area contributed by atoms with Gasteiger partial charge in [0, 0.05) is 0 Å². The number of alkyl halides is 4. The number of anilines is 1. The first-order valence-electron chi connectivity index (χ1n) is 11.0. The van der Waals surface area contributed by atoms with Crippen molar-refractivity contribution < 1.29 is 36.2 Å². The van der Waals surface area contributed by atoms with Gasteiger partial charge in [0.25, 0.3) is 5.91 Å². The number of ether oxygens (including phenoxy) is 2. The van der Waals surface area contributed by atoms with E-state index in [9.17, 15) is 27.2 Å². The summed E-state index contributed by atoms with van der Waals surface area (Å²) >= 11 is 0. The summed E-state index contributed by atoms with van der Waals surface area (Å²) in [5.41, 5.74) is -3.08. The number of fused-ring (bicyclic) bond motifs is 1. The van der Waals surface area contributed by atoms with Crippen LogP contribution in [0.5, 0.6) is 0 Å². The molecule has 1 aliphatic heterocycles. The number of carbonyl (C=O) groups excluding carboxylic acids is 1. The summed E-state index contributed by atoms with van der Waals surface area (Å²) in [6, 6.07) is 4.01. The number of halogens is 5. The van der Waals surface area contributed by atoms with Crippen molar-refractivity contribution in [3.63, 3.8) is 0 Å². The van der Waals surface area contributed by atoms with Crippen molar-refractivity contribution in [2.24, 2.45) is 0 Å². The van der Waals surface area contributed by atoms with Crippen molar-refractivity contribution in [1.29, 1.82) is 0 Å². The summed E-state index contributed by atoms with van der Waals surface area (Å²) in [6.07, 6.45) is -7.61. The van der Waals surface area contributed by atoms with Crippen molar-refractivity contribution in [1.82, 2.24) is 14.3 Å². The van der Waals surface area contributed by atoms with E-state index in [1.807, 2.05) is 0 Å². The molecule has 0 fully saturated rings. The molecule has 36 heavy (non-hydrogen) atoms. The molecule has 194 valence electrons. The van der Waals surface area contributed by atoms with Crippen molar-refractivity contribution >= 4 is 11.6 Å². The maximum Gasteiger partial charge on any atom is 0.425 e. The highest BCUT2D eigenvalue weighted by Crippen LogP contribution is 2.37. The van der Waals surface area contributed by atoms with Gasteiger partial charge in [0.05, 0.1) is 24.4 Å². The Morgan fingerprint density at radius 2 is 2.08 bits per heavy atom. The van der Waals surface area contributed by atoms with E-state index in [4.69, 9.17) is 9.47 Å². The summed E-state index contributed by atoms with van der Waals surface area (Å²) in [7, 11) is 0. The van der Waals surface area contributed by atoms with Crippen LogP contribution in [0, 0.1) is 12.7 Å². The van der Waals surface area contributed by atoms with Crippen LogP contribution in [0.25, 0.3) is 0 Å². The summed E-state index contributed by atoms with van der Waals surface area (Å²) < 4.78 is 82.2. The topological polar surface area (TPSA) is 87.4 Å². The number of benzene rings is 1. The third kappa shape index (κ3) is 4.54. The number of allylic oxidation sites excluding steroid dienone is 2. The van der Waals surface area contributed by atoms with E-state index >= 15 is 4.39 Å². The molecule has 13 heteroatoms. The first-order valence-corrected chi connectivity index (χ1v) is 11.0. The molecule has 3 atom stereocenters. The van der Waals surface area contributed by atoms with Gasteiger partial charge in [-0.2, -0.15) is 23.0 Å². The Kier molecular flexibility index (Phi) is 6.54. The average molecular weight is 514 g/mol. The van der Waals surface area contributed by atoms with Gasteiger partial charge in [-0.05, 0) is 44.6 Å². The standard InChI is InChI=1S/C23H23F5N4O4/c1-12-5-4-6-15(24)19(12)29-20(33)14-9-17(25)22(3,10-16(14)36-13(2)23(26,27)28)32-21(34)31-7-8-35-11-18(31)30-32/h4-6,9-10,13,17H,7-8,11H2,1-3H3,(H,29,33)/t13-,17?,22?/m0/s1. The van der Waals surface area contributed by atoms with E-state index in [1.165, 1.54) is 30.5 Å². The number of aromatic nitrogens is 3. The van der Waals surface area contributed by atoms with Crippen LogP contribution in [0.3, 0.4) is 0 Å². The second-order valence-corrected chi connectivity index (χ2v) is 8.72. The Balaban J connectivity index is 1.77. The average Bonchev–Trinajstić information content (AvgIpc) is 3.15. The monoisotopic (exact) mass is 514 g/mol. The highest BCUT2D eigenvalue weighted by atomic mass is 19.4. The van der Waals surface area contributed by atoms with Gasteiger partial charge in [-0.25, -0.2) is 13.6 Å². The normalized spacial score (nSPS) is 22.8. The van der Waals surface area contributed by atoms with Gasteiger partial charge in [-0.15, -0.1) is 0 Å². The number of carbonyl (C=O) groups is 1. The van der Waals surface area contributed by atoms with E-state index in [-0.39, 0.29) is 31.3 Å². The number of nitrogens with one attached hydrogen (secondary N) is 1. The summed E-state index contributed by atoms with van der Waals surface area (Å²) in [5, 5.41) is 6.39.